The van der Waals surface area contributed by atoms with E-state index in [0.717, 1.165) is 40.9 Å². The van der Waals surface area contributed by atoms with E-state index in [-0.39, 0.29) is 42.3 Å². The van der Waals surface area contributed by atoms with Gasteiger partial charge in [-0.3, -0.25) is 14.6 Å². The fraction of sp³-hybridized carbons (Fsp3) is 0.487. The fourth-order valence-corrected chi connectivity index (χ4v) is 8.79. The molecule has 2 aromatic rings. The number of unbranched alkanes of at least 4 members (excludes halogenated alkanes) is 2. The Bertz CT molecular complexity index is 1800. The van der Waals surface area contributed by atoms with Crippen LogP contribution in [0.25, 0.3) is 0 Å². The summed E-state index contributed by atoms with van der Waals surface area (Å²) in [6.07, 6.45) is 3.11. The Hall–Kier alpha value is -4.14. The van der Waals surface area contributed by atoms with Crippen molar-refractivity contribution in [3.05, 3.63) is 65.3 Å². The van der Waals surface area contributed by atoms with Gasteiger partial charge in [0.05, 0.1) is 54.9 Å². The van der Waals surface area contributed by atoms with Crippen molar-refractivity contribution in [1.82, 2.24) is 9.80 Å². The van der Waals surface area contributed by atoms with Crippen molar-refractivity contribution < 1.29 is 38.4 Å². The van der Waals surface area contributed by atoms with E-state index in [2.05, 4.69) is 32.0 Å². The summed E-state index contributed by atoms with van der Waals surface area (Å²) in [5.41, 5.74) is 4.31. The number of rotatable bonds is 14. The number of fused-ring (bicyclic) bond motifs is 4. The van der Waals surface area contributed by atoms with Crippen molar-refractivity contribution in [2.45, 2.75) is 76.4 Å². The number of anilines is 1. The number of carbonyl (C=O) groups excluding carboxylic acids is 3. The van der Waals surface area contributed by atoms with Crippen LogP contribution in [0.4, 0.5) is 16.2 Å². The SMILES string of the molecule is C=C1C[C@H]2C=Nc3cc(OCCCCCOc4cc5c(cc4OC)C(=O)N4CC(=C)C[C@H]4C(O)N5C(=O)OCCSSC(C)C)c(C)cc3C(=O)N2C1. The highest BCUT2D eigenvalue weighted by Gasteiger charge is 2.46. The number of carbonyl (C=O) groups is 3. The topological polar surface area (TPSA) is 130 Å². The van der Waals surface area contributed by atoms with E-state index in [1.54, 1.807) is 38.6 Å². The van der Waals surface area contributed by atoms with Gasteiger partial charge >= 0.3 is 6.09 Å². The van der Waals surface area contributed by atoms with E-state index >= 15 is 0 Å². The van der Waals surface area contributed by atoms with Crippen LogP contribution in [0.15, 0.2) is 53.6 Å². The molecule has 0 radical (unpaired) electrons. The number of hydrogen-bond donors (Lipinski definition) is 1. The Labute approximate surface area is 318 Å². The molecule has 4 aliphatic heterocycles. The molecule has 0 aromatic heterocycles. The number of aliphatic imine (C=N–C) groups is 1. The van der Waals surface area contributed by atoms with Crippen LogP contribution >= 0.6 is 21.6 Å². The van der Waals surface area contributed by atoms with Crippen molar-refractivity contribution >= 4 is 57.1 Å². The Kier molecular flexibility index (Phi) is 12.3. The fourth-order valence-electron chi connectivity index (χ4n) is 6.96. The second-order valence-corrected chi connectivity index (χ2v) is 17.0. The van der Waals surface area contributed by atoms with E-state index in [1.807, 2.05) is 30.2 Å². The molecule has 6 rings (SSSR count). The highest BCUT2D eigenvalue weighted by molar-refractivity contribution is 8.76. The Balaban J connectivity index is 1.07. The van der Waals surface area contributed by atoms with Crippen molar-refractivity contribution in [2.24, 2.45) is 4.99 Å². The number of hydrogen-bond acceptors (Lipinski definition) is 11. The van der Waals surface area contributed by atoms with Crippen LogP contribution in [-0.4, -0.2) is 108 Å². The summed E-state index contributed by atoms with van der Waals surface area (Å²) in [6.45, 7) is 16.0. The molecule has 1 unspecified atom stereocenters. The van der Waals surface area contributed by atoms with Gasteiger partial charge in [-0.1, -0.05) is 59.7 Å². The first-order chi connectivity index (χ1) is 25.5. The van der Waals surface area contributed by atoms with Gasteiger partial charge in [0.25, 0.3) is 11.8 Å². The first kappa shape index (κ1) is 38.6. The molecule has 284 valence electrons. The standard InChI is InChI=1S/C39H48N4O8S2/c1-23(2)53-52-13-12-51-39(47)43-31-19-35(34(48-6)17-29(31)37(45)42-22-25(4)15-32(42)38(43)46)50-11-9-7-8-10-49-33-18-30-28(16-26(33)5)36(44)41-21-24(3)14-27(41)20-40-30/h16-20,23,27,32,38,46H,3-4,7-15,21-22H2,1-2,5-6H3/t27-,32-,38?/m0/s1. The lowest BCUT2D eigenvalue weighted by atomic mass is 10.1. The average molecular weight is 765 g/mol. The maximum Gasteiger partial charge on any atom is 0.416 e. The number of methoxy groups -OCH3 is 1. The van der Waals surface area contributed by atoms with Gasteiger partial charge in [-0.15, -0.1) is 0 Å². The minimum absolute atomic E-state index is 0.0325. The third-order valence-electron chi connectivity index (χ3n) is 9.55. The van der Waals surface area contributed by atoms with Crippen molar-refractivity contribution in [3.8, 4) is 17.2 Å². The van der Waals surface area contributed by atoms with Gasteiger partial charge < -0.3 is 33.9 Å². The third kappa shape index (κ3) is 8.49. The molecule has 0 aliphatic carbocycles. The molecule has 0 saturated carbocycles. The molecule has 2 aromatic carbocycles. The molecule has 1 N–H and O–H groups in total. The van der Waals surface area contributed by atoms with Gasteiger partial charge in [0, 0.05) is 42.4 Å². The molecule has 0 spiro atoms. The molecule has 3 amide bonds. The van der Waals surface area contributed by atoms with Crippen LogP contribution in [0.3, 0.4) is 0 Å². The minimum Gasteiger partial charge on any atom is -0.493 e. The molecular weight excluding hydrogens is 717 g/mol. The Morgan fingerprint density at radius 1 is 0.925 bits per heavy atom. The molecule has 53 heavy (non-hydrogen) atoms. The van der Waals surface area contributed by atoms with Gasteiger partial charge in [-0.05, 0) is 56.7 Å². The summed E-state index contributed by atoms with van der Waals surface area (Å²) in [4.78, 5) is 49.7. The lowest BCUT2D eigenvalue weighted by Crippen LogP contribution is -2.51. The first-order valence-electron chi connectivity index (χ1n) is 18.0. The Morgan fingerprint density at radius 2 is 1.62 bits per heavy atom. The van der Waals surface area contributed by atoms with Crippen LogP contribution in [0, 0.1) is 6.92 Å². The number of ether oxygens (including phenoxy) is 4. The van der Waals surface area contributed by atoms with Gasteiger partial charge in [-0.25, -0.2) is 9.69 Å². The zero-order valence-corrected chi connectivity index (χ0v) is 32.4. The quantitative estimate of drug-likeness (QED) is 0.123. The van der Waals surface area contributed by atoms with Gasteiger partial charge in [0.15, 0.2) is 17.7 Å². The zero-order valence-electron chi connectivity index (χ0n) is 30.8. The Morgan fingerprint density at radius 3 is 2.36 bits per heavy atom. The lowest BCUT2D eigenvalue weighted by molar-refractivity contribution is 0.0493. The largest absolute Gasteiger partial charge is 0.493 e. The number of aliphatic hydroxyl groups excluding tert-OH is 1. The summed E-state index contributed by atoms with van der Waals surface area (Å²) in [5, 5.41) is 12.0. The molecule has 12 nitrogen and oxygen atoms in total. The van der Waals surface area contributed by atoms with E-state index in [1.165, 1.54) is 7.11 Å². The second-order valence-electron chi connectivity index (χ2n) is 14.0. The van der Waals surface area contributed by atoms with Crippen LogP contribution in [-0.2, 0) is 4.74 Å². The average Bonchev–Trinajstić information content (AvgIpc) is 3.66. The summed E-state index contributed by atoms with van der Waals surface area (Å²) >= 11 is 0. The third-order valence-corrected chi connectivity index (χ3v) is 12.5. The van der Waals surface area contributed by atoms with Gasteiger partial charge in [0.1, 0.15) is 12.4 Å². The van der Waals surface area contributed by atoms with Crippen molar-refractivity contribution in [3.63, 3.8) is 0 Å². The maximum absolute atomic E-state index is 13.8. The second kappa shape index (κ2) is 16.9. The summed E-state index contributed by atoms with van der Waals surface area (Å²) < 4.78 is 23.5. The van der Waals surface area contributed by atoms with Crippen LogP contribution in [0.2, 0.25) is 0 Å². The van der Waals surface area contributed by atoms with E-state index in [0.29, 0.717) is 72.1 Å². The number of benzene rings is 2. The zero-order chi connectivity index (χ0) is 37.8. The van der Waals surface area contributed by atoms with Crippen molar-refractivity contribution in [1.29, 1.82) is 0 Å². The summed E-state index contributed by atoms with van der Waals surface area (Å²) in [5.74, 6) is 1.60. The predicted octanol–water partition coefficient (Wildman–Crippen LogP) is 6.95. The lowest BCUT2D eigenvalue weighted by Gasteiger charge is -2.31. The molecule has 2 fully saturated rings. The van der Waals surface area contributed by atoms with Gasteiger partial charge in [0.2, 0.25) is 0 Å². The van der Waals surface area contributed by atoms with Crippen LogP contribution < -0.4 is 19.1 Å². The molecule has 4 heterocycles. The number of amides is 3. The normalized spacial score (nSPS) is 20.6. The molecular formula is C39H48N4O8S2. The summed E-state index contributed by atoms with van der Waals surface area (Å²) in [6, 6.07) is 6.12. The molecule has 4 aliphatic rings. The monoisotopic (exact) mass is 764 g/mol. The number of aliphatic hydroxyl groups is 1. The van der Waals surface area contributed by atoms with E-state index < -0.39 is 18.4 Å². The molecule has 3 atom stereocenters. The van der Waals surface area contributed by atoms with Crippen LogP contribution in [0.1, 0.15) is 72.2 Å². The first-order valence-corrected chi connectivity index (χ1v) is 20.4. The smallest absolute Gasteiger partial charge is 0.416 e. The minimum atomic E-state index is -1.35. The van der Waals surface area contributed by atoms with E-state index in [4.69, 9.17) is 18.9 Å². The number of nitrogens with zero attached hydrogens (tertiary/aromatic N) is 4. The highest BCUT2D eigenvalue weighted by atomic mass is 33.1. The van der Waals surface area contributed by atoms with E-state index in [9.17, 15) is 19.5 Å². The van der Waals surface area contributed by atoms with Crippen LogP contribution in [0.5, 0.6) is 17.2 Å². The molecule has 14 heteroatoms. The molecule has 0 bridgehead atoms. The summed E-state index contributed by atoms with van der Waals surface area (Å²) in [7, 11) is 4.80. The molecule has 2 saturated heterocycles. The van der Waals surface area contributed by atoms with Gasteiger partial charge in [-0.2, -0.15) is 0 Å². The maximum atomic E-state index is 13.8. The van der Waals surface area contributed by atoms with Crippen molar-refractivity contribution in [2.75, 3.05) is 50.7 Å². The highest BCUT2D eigenvalue weighted by Crippen LogP contribution is 2.42. The predicted molar refractivity (Wildman–Crippen MR) is 209 cm³/mol. The number of aryl methyl sites for hydroxylation is 1.